The maximum absolute atomic E-state index is 13.6. The van der Waals surface area contributed by atoms with Gasteiger partial charge in [0.1, 0.15) is 5.82 Å². The highest BCUT2D eigenvalue weighted by Crippen LogP contribution is 2.30. The summed E-state index contributed by atoms with van der Waals surface area (Å²) in [5, 5.41) is 16.6. The third-order valence-electron chi connectivity index (χ3n) is 4.44. The number of nitrogens with zero attached hydrogens (tertiary/aromatic N) is 4. The number of aromatic nitrogens is 1. The fourth-order valence-corrected chi connectivity index (χ4v) is 3.74. The van der Waals surface area contributed by atoms with Crippen LogP contribution in [0.25, 0.3) is 10.2 Å². The Kier molecular flexibility index (Phi) is 5.50. The van der Waals surface area contributed by atoms with E-state index in [2.05, 4.69) is 10.1 Å². The number of fused-ring (bicyclic) bond motifs is 1. The standard InChI is InChI=1S/C22H15FN4O3S/c1-14-2-6-16(7-3-14)21(28)26(22-25-19-11-8-17(23)12-20(19)31-22)24-13-15-4-9-18(10-5-15)27(29)30/h2-13H,1H3/b24-13+. The van der Waals surface area contributed by atoms with E-state index in [1.807, 2.05) is 19.1 Å². The molecule has 3 aromatic carbocycles. The van der Waals surface area contributed by atoms with Crippen LogP contribution in [0.3, 0.4) is 0 Å². The van der Waals surface area contributed by atoms with Crippen molar-refractivity contribution < 1.29 is 14.1 Å². The Bertz CT molecular complexity index is 1300. The van der Waals surface area contributed by atoms with Gasteiger partial charge in [-0.3, -0.25) is 14.9 Å². The molecule has 0 aliphatic carbocycles. The molecule has 31 heavy (non-hydrogen) atoms. The predicted molar refractivity (Wildman–Crippen MR) is 118 cm³/mol. The smallest absolute Gasteiger partial charge is 0.267 e. The molecule has 0 N–H and O–H groups in total. The Morgan fingerprint density at radius 1 is 1.13 bits per heavy atom. The Labute approximate surface area is 180 Å². The van der Waals surface area contributed by atoms with Gasteiger partial charge in [-0.2, -0.15) is 10.1 Å². The van der Waals surface area contributed by atoms with Crippen molar-refractivity contribution >= 4 is 44.5 Å². The summed E-state index contributed by atoms with van der Waals surface area (Å²) in [6, 6.07) is 17.0. The first-order valence-corrected chi connectivity index (χ1v) is 9.98. The highest BCUT2D eigenvalue weighted by Gasteiger charge is 2.21. The lowest BCUT2D eigenvalue weighted by atomic mass is 10.1. The summed E-state index contributed by atoms with van der Waals surface area (Å²) in [6.45, 7) is 1.92. The molecule has 0 aliphatic heterocycles. The lowest BCUT2D eigenvalue weighted by Gasteiger charge is -2.14. The number of halogens is 1. The minimum absolute atomic E-state index is 0.0436. The summed E-state index contributed by atoms with van der Waals surface area (Å²) in [5.41, 5.74) is 2.50. The second kappa shape index (κ2) is 8.41. The fourth-order valence-electron chi connectivity index (χ4n) is 2.79. The lowest BCUT2D eigenvalue weighted by molar-refractivity contribution is -0.384. The molecule has 0 spiro atoms. The van der Waals surface area contributed by atoms with Crippen LogP contribution in [0.2, 0.25) is 0 Å². The van der Waals surface area contributed by atoms with Crippen molar-refractivity contribution in [2.75, 3.05) is 5.01 Å². The molecule has 0 radical (unpaired) electrons. The number of nitro benzene ring substituents is 1. The molecule has 154 valence electrons. The molecule has 4 aromatic rings. The molecular formula is C22H15FN4O3S. The number of thiazole rings is 1. The first-order chi connectivity index (χ1) is 14.9. The van der Waals surface area contributed by atoms with Crippen molar-refractivity contribution in [3.05, 3.63) is 99.4 Å². The van der Waals surface area contributed by atoms with Crippen molar-refractivity contribution in [2.45, 2.75) is 6.92 Å². The number of hydrogen-bond acceptors (Lipinski definition) is 6. The van der Waals surface area contributed by atoms with Crippen LogP contribution in [0.4, 0.5) is 15.2 Å². The Morgan fingerprint density at radius 3 is 2.52 bits per heavy atom. The first-order valence-electron chi connectivity index (χ1n) is 9.16. The number of aryl methyl sites for hydroxylation is 1. The number of hydrogen-bond donors (Lipinski definition) is 0. The largest absolute Gasteiger partial charge is 0.280 e. The van der Waals surface area contributed by atoms with E-state index in [4.69, 9.17) is 0 Å². The van der Waals surface area contributed by atoms with E-state index in [0.29, 0.717) is 21.3 Å². The summed E-state index contributed by atoms with van der Waals surface area (Å²) >= 11 is 1.14. The van der Waals surface area contributed by atoms with Gasteiger partial charge >= 0.3 is 0 Å². The molecule has 4 rings (SSSR count). The molecular weight excluding hydrogens is 419 g/mol. The van der Waals surface area contributed by atoms with Crippen LogP contribution in [0.15, 0.2) is 71.8 Å². The van der Waals surface area contributed by atoms with Gasteiger partial charge in [0.05, 0.1) is 21.4 Å². The molecule has 0 atom stereocenters. The van der Waals surface area contributed by atoms with E-state index in [0.717, 1.165) is 21.9 Å². The number of nitro groups is 1. The van der Waals surface area contributed by atoms with E-state index >= 15 is 0 Å². The van der Waals surface area contributed by atoms with Crippen LogP contribution in [0.1, 0.15) is 21.5 Å². The number of rotatable bonds is 5. The SMILES string of the molecule is Cc1ccc(C(=O)N(/N=C/c2ccc([N+](=O)[O-])cc2)c2nc3ccc(F)cc3s2)cc1. The zero-order chi connectivity index (χ0) is 22.0. The predicted octanol–water partition coefficient (Wildman–Crippen LogP) is 5.33. The molecule has 0 aliphatic rings. The maximum atomic E-state index is 13.6. The van der Waals surface area contributed by atoms with Gasteiger partial charge in [0.25, 0.3) is 11.6 Å². The van der Waals surface area contributed by atoms with Crippen LogP contribution in [-0.4, -0.2) is 22.0 Å². The average Bonchev–Trinajstić information content (AvgIpc) is 3.17. The second-order valence-electron chi connectivity index (χ2n) is 6.68. The van der Waals surface area contributed by atoms with E-state index < -0.39 is 16.6 Å². The van der Waals surface area contributed by atoms with Crippen molar-refractivity contribution in [1.82, 2.24) is 4.98 Å². The molecule has 0 fully saturated rings. The summed E-state index contributed by atoms with van der Waals surface area (Å²) in [5.74, 6) is -0.800. The highest BCUT2D eigenvalue weighted by atomic mass is 32.1. The van der Waals surface area contributed by atoms with Gasteiger partial charge in [0, 0.05) is 17.7 Å². The minimum Gasteiger partial charge on any atom is -0.267 e. The molecule has 0 saturated carbocycles. The summed E-state index contributed by atoms with van der Waals surface area (Å²) in [4.78, 5) is 27.9. The molecule has 0 saturated heterocycles. The van der Waals surface area contributed by atoms with Crippen LogP contribution < -0.4 is 5.01 Å². The molecule has 9 heteroatoms. The Balaban J connectivity index is 1.73. The molecule has 7 nitrogen and oxygen atoms in total. The zero-order valence-electron chi connectivity index (χ0n) is 16.2. The highest BCUT2D eigenvalue weighted by molar-refractivity contribution is 7.22. The van der Waals surface area contributed by atoms with Crippen molar-refractivity contribution in [1.29, 1.82) is 0 Å². The second-order valence-corrected chi connectivity index (χ2v) is 7.69. The lowest BCUT2D eigenvalue weighted by Crippen LogP contribution is -2.25. The first kappa shape index (κ1) is 20.3. The molecule has 0 bridgehead atoms. The monoisotopic (exact) mass is 434 g/mol. The van der Waals surface area contributed by atoms with Crippen LogP contribution in [0.5, 0.6) is 0 Å². The fraction of sp³-hybridized carbons (Fsp3) is 0.0455. The van der Waals surface area contributed by atoms with Crippen molar-refractivity contribution in [3.8, 4) is 0 Å². The number of carbonyl (C=O) groups is 1. The van der Waals surface area contributed by atoms with E-state index in [1.165, 1.54) is 42.6 Å². The zero-order valence-corrected chi connectivity index (χ0v) is 17.0. The van der Waals surface area contributed by atoms with E-state index in [1.54, 1.807) is 18.2 Å². The third-order valence-corrected chi connectivity index (χ3v) is 5.43. The van der Waals surface area contributed by atoms with Gasteiger partial charge in [-0.1, -0.05) is 29.0 Å². The number of anilines is 1. The quantitative estimate of drug-likeness (QED) is 0.241. The number of benzene rings is 3. The van der Waals surface area contributed by atoms with Gasteiger partial charge in [-0.25, -0.2) is 9.37 Å². The maximum Gasteiger partial charge on any atom is 0.280 e. The number of hydrazone groups is 1. The average molecular weight is 434 g/mol. The van der Waals surface area contributed by atoms with E-state index in [-0.39, 0.29) is 10.8 Å². The Morgan fingerprint density at radius 2 is 1.84 bits per heavy atom. The normalized spacial score (nSPS) is 11.2. The summed E-state index contributed by atoms with van der Waals surface area (Å²) in [6.07, 6.45) is 1.42. The summed E-state index contributed by atoms with van der Waals surface area (Å²) in [7, 11) is 0. The Hall–Kier alpha value is -3.98. The third kappa shape index (κ3) is 4.46. The van der Waals surface area contributed by atoms with Gasteiger partial charge in [0.2, 0.25) is 5.13 Å². The topological polar surface area (TPSA) is 88.7 Å². The molecule has 1 amide bonds. The number of carbonyl (C=O) groups excluding carboxylic acids is 1. The van der Waals surface area contributed by atoms with Crippen LogP contribution in [0, 0.1) is 22.9 Å². The molecule has 0 unspecified atom stereocenters. The van der Waals surface area contributed by atoms with Gasteiger partial charge in [-0.05, 0) is 55.0 Å². The minimum atomic E-state index is -0.492. The van der Waals surface area contributed by atoms with Crippen LogP contribution >= 0.6 is 11.3 Å². The number of amides is 1. The van der Waals surface area contributed by atoms with Gasteiger partial charge < -0.3 is 0 Å². The van der Waals surface area contributed by atoms with Crippen molar-refractivity contribution in [2.24, 2.45) is 5.10 Å². The van der Waals surface area contributed by atoms with Crippen LogP contribution in [-0.2, 0) is 0 Å². The van der Waals surface area contributed by atoms with Crippen molar-refractivity contribution in [3.63, 3.8) is 0 Å². The van der Waals surface area contributed by atoms with E-state index in [9.17, 15) is 19.3 Å². The van der Waals surface area contributed by atoms with Gasteiger partial charge in [-0.15, -0.1) is 0 Å². The molecule has 1 aromatic heterocycles. The summed E-state index contributed by atoms with van der Waals surface area (Å²) < 4.78 is 14.2. The molecule has 1 heterocycles. The van der Waals surface area contributed by atoms with Gasteiger partial charge in [0.15, 0.2) is 0 Å². The number of non-ortho nitro benzene ring substituents is 1.